The summed E-state index contributed by atoms with van der Waals surface area (Å²) >= 11 is 0. The molecular weight excluding hydrogens is 378 g/mol. The summed E-state index contributed by atoms with van der Waals surface area (Å²) in [7, 11) is 0. The van der Waals surface area contributed by atoms with Gasteiger partial charge in [0.15, 0.2) is 6.23 Å². The van der Waals surface area contributed by atoms with E-state index in [0.717, 1.165) is 61.1 Å². The van der Waals surface area contributed by atoms with E-state index in [0.29, 0.717) is 6.54 Å². The number of nitrogens with one attached hydrogen (secondary N) is 1. The minimum absolute atomic E-state index is 0.00133. The summed E-state index contributed by atoms with van der Waals surface area (Å²) in [5, 5.41) is 9.02. The molecule has 0 radical (unpaired) electrons. The third-order valence-corrected chi connectivity index (χ3v) is 5.95. The molecule has 1 unspecified atom stereocenters. The van der Waals surface area contributed by atoms with Crippen LogP contribution in [0.4, 0.5) is 4.79 Å². The molecule has 30 heavy (non-hydrogen) atoms. The lowest BCUT2D eigenvalue weighted by atomic mass is 10.0. The Morgan fingerprint density at radius 2 is 2.10 bits per heavy atom. The summed E-state index contributed by atoms with van der Waals surface area (Å²) in [5.74, 6) is 0. The number of benzene rings is 1. The van der Waals surface area contributed by atoms with Crippen molar-refractivity contribution in [2.75, 3.05) is 19.8 Å². The predicted octanol–water partition coefficient (Wildman–Crippen LogP) is 4.68. The first-order valence-electron chi connectivity index (χ1n) is 10.9. The number of nitrogens with zero attached hydrogens (tertiary/aromatic N) is 2. The van der Waals surface area contributed by atoms with Crippen molar-refractivity contribution in [3.63, 3.8) is 0 Å². The number of amides is 1. The highest BCUT2D eigenvalue weighted by molar-refractivity contribution is 5.95. The van der Waals surface area contributed by atoms with E-state index in [9.17, 15) is 4.79 Å². The maximum atomic E-state index is 11.8. The van der Waals surface area contributed by atoms with Crippen LogP contribution in [-0.4, -0.2) is 35.6 Å². The molecule has 6 heteroatoms. The number of aromatic nitrogens is 2. The maximum absolute atomic E-state index is 11.8. The number of carbonyl (C=O) groups excluding carboxylic acids is 1. The number of hydrogen-bond donors (Lipinski definition) is 1. The first-order valence-corrected chi connectivity index (χ1v) is 10.9. The Bertz CT molecular complexity index is 1040. The molecule has 1 atom stereocenters. The minimum atomic E-state index is -0.361. The quantitative estimate of drug-likeness (QED) is 0.748. The second-order valence-electron chi connectivity index (χ2n) is 8.09. The molecule has 1 aliphatic carbocycles. The molecule has 6 nitrogen and oxygen atoms in total. The lowest BCUT2D eigenvalue weighted by Crippen LogP contribution is -2.25. The van der Waals surface area contributed by atoms with E-state index >= 15 is 0 Å². The average molecular weight is 405 g/mol. The van der Waals surface area contributed by atoms with Gasteiger partial charge in [0.05, 0.1) is 5.52 Å². The van der Waals surface area contributed by atoms with Gasteiger partial charge in [0.25, 0.3) is 0 Å². The highest BCUT2D eigenvalue weighted by atomic mass is 16.5. The van der Waals surface area contributed by atoms with Gasteiger partial charge in [-0.2, -0.15) is 5.10 Å². The summed E-state index contributed by atoms with van der Waals surface area (Å²) in [4.78, 5) is 11.8. The number of fused-ring (bicyclic) bond motifs is 3. The first-order chi connectivity index (χ1) is 14.8. The maximum Gasteiger partial charge on any atom is 0.407 e. The third-order valence-electron chi connectivity index (χ3n) is 5.95. The lowest BCUT2D eigenvalue weighted by molar-refractivity contribution is -0.0367. The number of hydrogen-bond acceptors (Lipinski definition) is 4. The van der Waals surface area contributed by atoms with Crippen molar-refractivity contribution >= 4 is 22.6 Å². The van der Waals surface area contributed by atoms with Crippen LogP contribution in [0.25, 0.3) is 16.5 Å². The van der Waals surface area contributed by atoms with Crippen molar-refractivity contribution < 1.29 is 14.3 Å². The van der Waals surface area contributed by atoms with E-state index in [1.54, 1.807) is 0 Å². The smallest absolute Gasteiger partial charge is 0.407 e. The molecule has 1 N–H and O–H groups in total. The number of rotatable bonds is 1. The minimum Gasteiger partial charge on any atom is -0.445 e. The summed E-state index contributed by atoms with van der Waals surface area (Å²) in [6, 6.07) is 6.66. The molecule has 1 aromatic heterocycles. The SMILES string of the molecule is O=C1NCCCCc2ccc3c(c2)c(nn3C2CCCCO2)C2=CC(=CCO1)C=C2. The summed E-state index contributed by atoms with van der Waals surface area (Å²) in [5.41, 5.74) is 5.52. The van der Waals surface area contributed by atoms with Gasteiger partial charge in [0, 0.05) is 24.1 Å². The van der Waals surface area contributed by atoms with Crippen LogP contribution in [0.3, 0.4) is 0 Å². The fraction of sp³-hybridized carbons (Fsp3) is 0.417. The Balaban J connectivity index is 1.57. The van der Waals surface area contributed by atoms with Gasteiger partial charge < -0.3 is 14.8 Å². The molecule has 5 rings (SSSR count). The van der Waals surface area contributed by atoms with Crippen LogP contribution in [0.15, 0.2) is 48.1 Å². The van der Waals surface area contributed by atoms with Crippen molar-refractivity contribution in [2.24, 2.45) is 0 Å². The first kappa shape index (κ1) is 19.1. The molecule has 0 spiro atoms. The fourth-order valence-corrected chi connectivity index (χ4v) is 4.34. The van der Waals surface area contributed by atoms with Crippen LogP contribution in [0.2, 0.25) is 0 Å². The molecule has 4 bridgehead atoms. The van der Waals surface area contributed by atoms with Gasteiger partial charge in [-0.15, -0.1) is 0 Å². The van der Waals surface area contributed by atoms with Gasteiger partial charge in [0.1, 0.15) is 12.3 Å². The van der Waals surface area contributed by atoms with Crippen LogP contribution in [0, 0.1) is 0 Å². The van der Waals surface area contributed by atoms with Gasteiger partial charge >= 0.3 is 6.09 Å². The van der Waals surface area contributed by atoms with Crippen molar-refractivity contribution in [1.29, 1.82) is 0 Å². The largest absolute Gasteiger partial charge is 0.445 e. The van der Waals surface area contributed by atoms with Crippen molar-refractivity contribution in [1.82, 2.24) is 15.1 Å². The Labute approximate surface area is 176 Å². The highest BCUT2D eigenvalue weighted by Gasteiger charge is 2.23. The second kappa shape index (κ2) is 8.48. The Morgan fingerprint density at radius 1 is 1.13 bits per heavy atom. The normalized spacial score (nSPS) is 22.5. The topological polar surface area (TPSA) is 65.4 Å². The number of allylic oxidation sites excluding steroid dienone is 5. The van der Waals surface area contributed by atoms with Gasteiger partial charge in [-0.25, -0.2) is 9.48 Å². The second-order valence-corrected chi connectivity index (χ2v) is 8.09. The Morgan fingerprint density at radius 3 is 3.00 bits per heavy atom. The summed E-state index contributed by atoms with van der Waals surface area (Å²) < 4.78 is 13.4. The number of carbonyl (C=O) groups is 1. The van der Waals surface area contributed by atoms with Crippen LogP contribution in [-0.2, 0) is 15.9 Å². The fourth-order valence-electron chi connectivity index (χ4n) is 4.34. The van der Waals surface area contributed by atoms with E-state index in [1.807, 2.05) is 12.2 Å². The van der Waals surface area contributed by atoms with Gasteiger partial charge in [0.2, 0.25) is 0 Å². The van der Waals surface area contributed by atoms with E-state index in [2.05, 4.69) is 40.3 Å². The molecule has 1 saturated heterocycles. The Kier molecular flexibility index (Phi) is 5.41. The zero-order chi connectivity index (χ0) is 20.3. The Hall–Kier alpha value is -2.86. The van der Waals surface area contributed by atoms with Gasteiger partial charge in [-0.3, -0.25) is 0 Å². The lowest BCUT2D eigenvalue weighted by Gasteiger charge is -2.23. The van der Waals surface area contributed by atoms with Crippen LogP contribution in [0.1, 0.15) is 49.6 Å². The van der Waals surface area contributed by atoms with Crippen LogP contribution in [0.5, 0.6) is 0 Å². The average Bonchev–Trinajstić information content (AvgIpc) is 3.38. The molecule has 2 aromatic rings. The van der Waals surface area contributed by atoms with Crippen molar-refractivity contribution in [3.8, 4) is 0 Å². The van der Waals surface area contributed by atoms with E-state index in [4.69, 9.17) is 14.6 Å². The van der Waals surface area contributed by atoms with E-state index < -0.39 is 0 Å². The van der Waals surface area contributed by atoms with Crippen molar-refractivity contribution in [2.45, 2.75) is 44.8 Å². The van der Waals surface area contributed by atoms with E-state index in [-0.39, 0.29) is 18.9 Å². The monoisotopic (exact) mass is 405 g/mol. The molecule has 3 heterocycles. The standard InChI is InChI=1S/C24H27N3O3/c28-24-25-12-3-1-5-17-8-10-21-20(16-17)23(19-9-7-18(15-19)11-14-30-24)26-27(21)22-6-2-4-13-29-22/h7-11,15-16,22H,1-6,12-14H2,(H,25,28). The summed E-state index contributed by atoms with van der Waals surface area (Å²) in [6.45, 7) is 1.68. The van der Waals surface area contributed by atoms with Crippen LogP contribution >= 0.6 is 0 Å². The zero-order valence-electron chi connectivity index (χ0n) is 17.1. The number of cyclic esters (lactones) is 1. The van der Waals surface area contributed by atoms with Gasteiger partial charge in [-0.1, -0.05) is 18.2 Å². The van der Waals surface area contributed by atoms with Crippen molar-refractivity contribution in [3.05, 3.63) is 59.3 Å². The molecule has 1 fully saturated rings. The number of ether oxygens (including phenoxy) is 2. The molecule has 1 amide bonds. The molecule has 156 valence electrons. The number of alkyl carbamates (subject to hydrolysis) is 1. The molecule has 0 saturated carbocycles. The third kappa shape index (κ3) is 3.92. The zero-order valence-corrected chi connectivity index (χ0v) is 17.1. The highest BCUT2D eigenvalue weighted by Crippen LogP contribution is 2.34. The van der Waals surface area contributed by atoms with Crippen LogP contribution < -0.4 is 5.32 Å². The summed E-state index contributed by atoms with van der Waals surface area (Å²) in [6.07, 6.45) is 14.0. The number of aryl methyl sites for hydroxylation is 1. The predicted molar refractivity (Wildman–Crippen MR) is 116 cm³/mol. The molecule has 3 aliphatic rings. The molecule has 2 aliphatic heterocycles. The van der Waals surface area contributed by atoms with Gasteiger partial charge in [-0.05, 0) is 73.9 Å². The molecular formula is C24H27N3O3. The molecule has 1 aromatic carbocycles. The van der Waals surface area contributed by atoms with E-state index in [1.165, 1.54) is 17.4 Å².